The van der Waals surface area contributed by atoms with Gasteiger partial charge in [-0.1, -0.05) is 24.3 Å². The molecule has 0 aromatic heterocycles. The highest BCUT2D eigenvalue weighted by Crippen LogP contribution is 2.29. The Balaban J connectivity index is 2.27. The zero-order chi connectivity index (χ0) is 15.4. The van der Waals surface area contributed by atoms with Crippen LogP contribution in [-0.4, -0.2) is 26.1 Å². The Morgan fingerprint density at radius 1 is 1.14 bits per heavy atom. The van der Waals surface area contributed by atoms with Gasteiger partial charge in [-0.2, -0.15) is 0 Å². The summed E-state index contributed by atoms with van der Waals surface area (Å²) in [7, 11) is 5.61. The number of nitrogens with two attached hydrogens (primary N) is 1. The van der Waals surface area contributed by atoms with Crippen molar-refractivity contribution in [1.29, 1.82) is 0 Å². The third-order valence-corrected chi connectivity index (χ3v) is 3.36. The molecule has 0 fully saturated rings. The van der Waals surface area contributed by atoms with Crippen molar-refractivity contribution in [3.63, 3.8) is 0 Å². The van der Waals surface area contributed by atoms with Crippen LogP contribution in [0.5, 0.6) is 5.75 Å². The molecule has 3 nitrogen and oxygen atoms in total. The Morgan fingerprint density at radius 3 is 2.38 bits per heavy atom. The molecule has 0 aliphatic rings. The molecule has 0 bridgehead atoms. The zero-order valence-electron chi connectivity index (χ0n) is 12.6. The first-order chi connectivity index (χ1) is 10.0. The molecule has 0 amide bonds. The Hall–Kier alpha value is -1.91. The molecule has 2 aromatic rings. The molecule has 0 heterocycles. The van der Waals surface area contributed by atoms with Crippen LogP contribution in [0, 0.1) is 5.82 Å². The molecule has 1 unspecified atom stereocenters. The molecule has 2 aromatic carbocycles. The minimum Gasteiger partial charge on any atom is -0.496 e. The van der Waals surface area contributed by atoms with Crippen molar-refractivity contribution in [3.05, 3.63) is 65.0 Å². The molecule has 2 N–H and O–H groups in total. The summed E-state index contributed by atoms with van der Waals surface area (Å²) in [5, 5.41) is 0. The van der Waals surface area contributed by atoms with Crippen molar-refractivity contribution in [2.24, 2.45) is 5.73 Å². The summed E-state index contributed by atoms with van der Waals surface area (Å²) in [6.07, 6.45) is 0. The van der Waals surface area contributed by atoms with Crippen LogP contribution in [0.4, 0.5) is 4.39 Å². The van der Waals surface area contributed by atoms with Crippen molar-refractivity contribution in [1.82, 2.24) is 4.90 Å². The summed E-state index contributed by atoms with van der Waals surface area (Å²) in [5.74, 6) is 0.284. The summed E-state index contributed by atoms with van der Waals surface area (Å²) in [4.78, 5) is 2.10. The fourth-order valence-corrected chi connectivity index (χ4v) is 2.32. The summed E-state index contributed by atoms with van der Waals surface area (Å²) in [6.45, 7) is 0.874. The molecular formula is C17H21FN2O. The Bertz CT molecular complexity index is 596. The largest absolute Gasteiger partial charge is 0.496 e. The van der Waals surface area contributed by atoms with Crippen LogP contribution in [0.15, 0.2) is 42.5 Å². The van der Waals surface area contributed by atoms with Gasteiger partial charge in [-0.25, -0.2) is 4.39 Å². The van der Waals surface area contributed by atoms with Crippen molar-refractivity contribution in [3.8, 4) is 5.75 Å². The Labute approximate surface area is 125 Å². The van der Waals surface area contributed by atoms with Gasteiger partial charge in [0, 0.05) is 12.1 Å². The van der Waals surface area contributed by atoms with E-state index in [-0.39, 0.29) is 5.82 Å². The van der Waals surface area contributed by atoms with Gasteiger partial charge in [0.05, 0.1) is 13.2 Å². The van der Waals surface area contributed by atoms with E-state index in [1.165, 1.54) is 17.7 Å². The van der Waals surface area contributed by atoms with Crippen molar-refractivity contribution in [2.45, 2.75) is 12.6 Å². The van der Waals surface area contributed by atoms with E-state index in [2.05, 4.69) is 4.90 Å². The van der Waals surface area contributed by atoms with Gasteiger partial charge in [0.2, 0.25) is 0 Å². The molecule has 1 atom stereocenters. The minimum atomic E-state index is -0.413. The second-order valence-corrected chi connectivity index (χ2v) is 5.34. The number of hydrogen-bond donors (Lipinski definition) is 1. The monoisotopic (exact) mass is 288 g/mol. The predicted molar refractivity (Wildman–Crippen MR) is 82.8 cm³/mol. The van der Waals surface area contributed by atoms with E-state index < -0.39 is 6.04 Å². The first-order valence-electron chi connectivity index (χ1n) is 6.84. The maximum absolute atomic E-state index is 13.5. The topological polar surface area (TPSA) is 38.5 Å². The van der Waals surface area contributed by atoms with Crippen LogP contribution >= 0.6 is 0 Å². The molecule has 0 spiro atoms. The average molecular weight is 288 g/mol. The lowest BCUT2D eigenvalue weighted by molar-refractivity contribution is 0.402. The minimum absolute atomic E-state index is 0.314. The molecule has 0 radical (unpaired) electrons. The maximum atomic E-state index is 13.5. The molecule has 21 heavy (non-hydrogen) atoms. The first-order valence-corrected chi connectivity index (χ1v) is 6.84. The highest BCUT2D eigenvalue weighted by atomic mass is 19.1. The standard InChI is InChI=1S/C17H21FN2O/c1-20(2)11-12-4-6-13(7-5-12)17(19)15-10-14(18)8-9-16(15)21-3/h4-10,17H,11,19H2,1-3H3. The number of hydrogen-bond acceptors (Lipinski definition) is 3. The van der Waals surface area contributed by atoms with E-state index in [0.717, 1.165) is 12.1 Å². The van der Waals surface area contributed by atoms with Gasteiger partial charge in [-0.15, -0.1) is 0 Å². The number of ether oxygens (including phenoxy) is 1. The van der Waals surface area contributed by atoms with Gasteiger partial charge in [0.25, 0.3) is 0 Å². The Kier molecular flexibility index (Phi) is 4.94. The lowest BCUT2D eigenvalue weighted by Crippen LogP contribution is -2.14. The second-order valence-electron chi connectivity index (χ2n) is 5.34. The van der Waals surface area contributed by atoms with Gasteiger partial charge in [-0.05, 0) is 43.4 Å². The molecule has 4 heteroatoms. The normalized spacial score (nSPS) is 12.5. The number of nitrogens with zero attached hydrogens (tertiary/aromatic N) is 1. The van der Waals surface area contributed by atoms with Gasteiger partial charge < -0.3 is 15.4 Å². The van der Waals surface area contributed by atoms with Crippen molar-refractivity contribution in [2.75, 3.05) is 21.2 Å². The van der Waals surface area contributed by atoms with Crippen LogP contribution in [0.3, 0.4) is 0 Å². The second kappa shape index (κ2) is 6.70. The highest BCUT2D eigenvalue weighted by molar-refractivity contribution is 5.42. The maximum Gasteiger partial charge on any atom is 0.124 e. The predicted octanol–water partition coefficient (Wildman–Crippen LogP) is 2.94. The van der Waals surface area contributed by atoms with Gasteiger partial charge >= 0.3 is 0 Å². The van der Waals surface area contributed by atoms with Gasteiger partial charge in [0.15, 0.2) is 0 Å². The van der Waals surface area contributed by atoms with E-state index in [4.69, 9.17) is 10.5 Å². The van der Waals surface area contributed by atoms with E-state index in [1.807, 2.05) is 38.4 Å². The van der Waals surface area contributed by atoms with Crippen LogP contribution < -0.4 is 10.5 Å². The third-order valence-electron chi connectivity index (χ3n) is 3.36. The number of benzene rings is 2. The molecule has 0 aliphatic carbocycles. The summed E-state index contributed by atoms with van der Waals surface area (Å²) < 4.78 is 18.7. The zero-order valence-corrected chi connectivity index (χ0v) is 12.6. The molecule has 112 valence electrons. The lowest BCUT2D eigenvalue weighted by atomic mass is 9.97. The third kappa shape index (κ3) is 3.80. The van der Waals surface area contributed by atoms with E-state index >= 15 is 0 Å². The molecule has 0 saturated carbocycles. The van der Waals surface area contributed by atoms with E-state index in [9.17, 15) is 4.39 Å². The van der Waals surface area contributed by atoms with Crippen LogP contribution in [0.2, 0.25) is 0 Å². The van der Waals surface area contributed by atoms with Crippen LogP contribution in [0.25, 0.3) is 0 Å². The summed E-state index contributed by atoms with van der Waals surface area (Å²) >= 11 is 0. The number of methoxy groups -OCH3 is 1. The fraction of sp³-hybridized carbons (Fsp3) is 0.294. The number of halogens is 1. The Morgan fingerprint density at radius 2 is 1.81 bits per heavy atom. The van der Waals surface area contributed by atoms with Crippen molar-refractivity contribution >= 4 is 0 Å². The highest BCUT2D eigenvalue weighted by Gasteiger charge is 2.15. The average Bonchev–Trinajstić information content (AvgIpc) is 2.46. The smallest absolute Gasteiger partial charge is 0.124 e. The van der Waals surface area contributed by atoms with Crippen molar-refractivity contribution < 1.29 is 9.13 Å². The molecule has 0 aliphatic heterocycles. The quantitative estimate of drug-likeness (QED) is 0.919. The van der Waals surface area contributed by atoms with Crippen LogP contribution in [-0.2, 0) is 6.54 Å². The SMILES string of the molecule is COc1ccc(F)cc1C(N)c1ccc(CN(C)C)cc1. The van der Waals surface area contributed by atoms with Crippen LogP contribution in [0.1, 0.15) is 22.7 Å². The van der Waals surface area contributed by atoms with Gasteiger partial charge in [-0.3, -0.25) is 0 Å². The summed E-state index contributed by atoms with van der Waals surface area (Å²) in [5.41, 5.74) is 9.05. The fourth-order valence-electron chi connectivity index (χ4n) is 2.32. The van der Waals surface area contributed by atoms with E-state index in [0.29, 0.717) is 11.3 Å². The molecule has 0 saturated heterocycles. The number of rotatable bonds is 5. The summed E-state index contributed by atoms with van der Waals surface area (Å²) in [6, 6.07) is 12.0. The first kappa shape index (κ1) is 15.5. The molecular weight excluding hydrogens is 267 g/mol. The lowest BCUT2D eigenvalue weighted by Gasteiger charge is -2.17. The molecule has 2 rings (SSSR count). The van der Waals surface area contributed by atoms with Gasteiger partial charge in [0.1, 0.15) is 11.6 Å². The van der Waals surface area contributed by atoms with E-state index in [1.54, 1.807) is 13.2 Å².